The van der Waals surface area contributed by atoms with Crippen LogP contribution in [0.5, 0.6) is 0 Å². The van der Waals surface area contributed by atoms with E-state index in [0.29, 0.717) is 40.1 Å². The molecule has 0 saturated carbocycles. The Labute approximate surface area is 222 Å². The highest BCUT2D eigenvalue weighted by atomic mass is 35.5. The molecule has 3 aromatic rings. The molecule has 3 aromatic heterocycles. The van der Waals surface area contributed by atoms with E-state index in [2.05, 4.69) is 19.9 Å². The molecular weight excluding hydrogens is 524 g/mol. The van der Waals surface area contributed by atoms with Crippen molar-refractivity contribution in [2.75, 3.05) is 0 Å². The molecule has 1 aliphatic heterocycles. The van der Waals surface area contributed by atoms with E-state index < -0.39 is 27.0 Å². The third-order valence-corrected chi connectivity index (χ3v) is 6.80. The second-order valence-corrected chi connectivity index (χ2v) is 9.96. The first-order chi connectivity index (χ1) is 17.3. The molecule has 1 unspecified atom stereocenters. The number of thiol groups is 1. The monoisotopic (exact) mass is 546 g/mol. The number of carbonyl (C=O) groups excluding carboxylic acids is 1. The number of rotatable bonds is 6. The molecule has 1 amide bonds. The van der Waals surface area contributed by atoms with Gasteiger partial charge in [0.1, 0.15) is 35.1 Å². The molecule has 0 radical (unpaired) electrons. The molecule has 0 fully saturated rings. The lowest BCUT2D eigenvalue weighted by Crippen LogP contribution is -2.46. The van der Waals surface area contributed by atoms with E-state index in [1.807, 2.05) is 0 Å². The van der Waals surface area contributed by atoms with E-state index in [1.165, 1.54) is 18.5 Å². The minimum absolute atomic E-state index is 0.00756. The summed E-state index contributed by atoms with van der Waals surface area (Å²) in [6, 6.07) is 2.35. The average molecular weight is 547 g/mol. The van der Waals surface area contributed by atoms with Gasteiger partial charge in [-0.2, -0.15) is 0 Å². The fraction of sp³-hybridized carbons (Fsp3) is 0.240. The first kappa shape index (κ1) is 26.8. The topological polar surface area (TPSA) is 98.1 Å². The van der Waals surface area contributed by atoms with Crippen LogP contribution >= 0.6 is 24.4 Å². The quantitative estimate of drug-likeness (QED) is 0.331. The van der Waals surface area contributed by atoms with Crippen LogP contribution < -0.4 is 3.89 Å². The Balaban J connectivity index is 1.69. The number of halogens is 3. The maximum absolute atomic E-state index is 14.0. The van der Waals surface area contributed by atoms with Crippen LogP contribution in [0.4, 0.5) is 14.5 Å². The molecule has 1 aliphatic rings. The van der Waals surface area contributed by atoms with Crippen molar-refractivity contribution in [3.63, 3.8) is 0 Å². The largest absolute Gasteiger partial charge is 0.485 e. The average Bonchev–Trinajstić information content (AvgIpc) is 2.85. The molecule has 1 atom stereocenters. The Morgan fingerprint density at radius 2 is 1.84 bits per heavy atom. The van der Waals surface area contributed by atoms with Gasteiger partial charge in [-0.3, -0.25) is 15.0 Å². The molecule has 12 heteroatoms. The number of aryl methyl sites for hydroxylation is 1. The zero-order valence-electron chi connectivity index (χ0n) is 20.3. The molecule has 0 aromatic carbocycles. The number of nitrogens with zero attached hydrogens (tertiary/aromatic N) is 5. The maximum atomic E-state index is 14.0. The first-order valence-electron chi connectivity index (χ1n) is 11.0. The molecule has 4 rings (SSSR count). The molecule has 37 heavy (non-hydrogen) atoms. The third kappa shape index (κ3) is 5.12. The Morgan fingerprint density at radius 3 is 2.51 bits per heavy atom. The van der Waals surface area contributed by atoms with Gasteiger partial charge in [-0.1, -0.05) is 11.6 Å². The number of amides is 1. The second-order valence-electron chi connectivity index (χ2n) is 8.98. The van der Waals surface area contributed by atoms with Gasteiger partial charge in [-0.05, 0) is 20.8 Å². The molecule has 1 N–H and O–H groups in total. The van der Waals surface area contributed by atoms with Crippen molar-refractivity contribution >= 4 is 36.0 Å². The lowest BCUT2D eigenvalue weighted by Gasteiger charge is -2.32. The summed E-state index contributed by atoms with van der Waals surface area (Å²) in [5.41, 5.74) is 1.36. The third-order valence-electron chi connectivity index (χ3n) is 5.74. The molecule has 0 aliphatic carbocycles. The summed E-state index contributed by atoms with van der Waals surface area (Å²) >= 11 is 11.1. The highest BCUT2D eigenvalue weighted by Crippen LogP contribution is 2.42. The molecule has 0 saturated heterocycles. The standard InChI is InChI=1S/C25H23ClF2N5O3S/c1-13-8-30-17(18-10-29-11-22(32-18)25(3,4)35)7-20(13)33(37)14(2)5-21(23(26)24(33)34)36-12-19-16(28)6-15(27)9-31-19/h5-11,35,37H,12H2,1-4H3/q+1. The second kappa shape index (κ2) is 9.90. The predicted molar refractivity (Wildman–Crippen MR) is 137 cm³/mol. The number of hydrogen-bond donors (Lipinski definition) is 2. The summed E-state index contributed by atoms with van der Waals surface area (Å²) in [6.45, 7) is 6.27. The van der Waals surface area contributed by atoms with E-state index >= 15 is 0 Å². The summed E-state index contributed by atoms with van der Waals surface area (Å²) in [6.07, 6.45) is 6.93. The molecule has 4 heterocycles. The zero-order valence-corrected chi connectivity index (χ0v) is 22.0. The highest BCUT2D eigenvalue weighted by Gasteiger charge is 2.47. The number of ether oxygens (including phenoxy) is 1. The van der Waals surface area contributed by atoms with Gasteiger partial charge in [0, 0.05) is 36.9 Å². The van der Waals surface area contributed by atoms with Crippen LogP contribution in [0.15, 0.2) is 59.5 Å². The van der Waals surface area contributed by atoms with E-state index in [4.69, 9.17) is 29.2 Å². The fourth-order valence-electron chi connectivity index (χ4n) is 3.64. The van der Waals surface area contributed by atoms with Crippen LogP contribution in [-0.2, 0) is 21.7 Å². The van der Waals surface area contributed by atoms with Crippen molar-refractivity contribution in [1.29, 1.82) is 0 Å². The summed E-state index contributed by atoms with van der Waals surface area (Å²) in [5, 5.41) is 10.0. The number of allylic oxidation sites excluding steroid dienone is 2. The van der Waals surface area contributed by atoms with Gasteiger partial charge in [-0.25, -0.2) is 18.6 Å². The van der Waals surface area contributed by atoms with Gasteiger partial charge < -0.3 is 9.84 Å². The van der Waals surface area contributed by atoms with Crippen molar-refractivity contribution < 1.29 is 23.4 Å². The molecule has 0 spiro atoms. The van der Waals surface area contributed by atoms with Gasteiger partial charge in [-0.15, -0.1) is 3.89 Å². The van der Waals surface area contributed by atoms with Crippen molar-refractivity contribution in [1.82, 2.24) is 23.8 Å². The van der Waals surface area contributed by atoms with Crippen LogP contribution in [-0.4, -0.2) is 30.9 Å². The number of hydrogen-bond acceptors (Lipinski definition) is 8. The highest BCUT2D eigenvalue weighted by molar-refractivity contribution is 7.80. The summed E-state index contributed by atoms with van der Waals surface area (Å²) in [5.74, 6) is -2.29. The maximum Gasteiger partial charge on any atom is 0.382 e. The van der Waals surface area contributed by atoms with Gasteiger partial charge in [0.25, 0.3) is 0 Å². The van der Waals surface area contributed by atoms with E-state index in [9.17, 15) is 18.7 Å². The van der Waals surface area contributed by atoms with Crippen molar-refractivity contribution in [2.45, 2.75) is 39.9 Å². The van der Waals surface area contributed by atoms with Crippen molar-refractivity contribution in [2.24, 2.45) is 0 Å². The van der Waals surface area contributed by atoms with Crippen LogP contribution in [0.25, 0.3) is 11.4 Å². The molecule has 0 bridgehead atoms. The Bertz CT molecular complexity index is 1470. The number of aromatic nitrogens is 4. The van der Waals surface area contributed by atoms with Crippen LogP contribution in [0.3, 0.4) is 0 Å². The predicted octanol–water partition coefficient (Wildman–Crippen LogP) is 5.01. The fourth-order valence-corrected chi connectivity index (χ4v) is 4.31. The summed E-state index contributed by atoms with van der Waals surface area (Å²) < 4.78 is 32.1. The van der Waals surface area contributed by atoms with Crippen molar-refractivity contribution in [3.8, 4) is 11.4 Å². The van der Waals surface area contributed by atoms with Crippen LogP contribution in [0.1, 0.15) is 37.7 Å². The lowest BCUT2D eigenvalue weighted by atomic mass is 10.1. The first-order valence-corrected chi connectivity index (χ1v) is 11.8. The number of aliphatic hydroxyl groups is 1. The Hall–Kier alpha value is -3.25. The van der Waals surface area contributed by atoms with E-state index in [0.717, 1.165) is 6.20 Å². The van der Waals surface area contributed by atoms with Gasteiger partial charge in [0.2, 0.25) is 0 Å². The lowest BCUT2D eigenvalue weighted by molar-refractivity contribution is -0.120. The minimum atomic E-state index is -1.21. The van der Waals surface area contributed by atoms with Gasteiger partial charge >= 0.3 is 5.91 Å². The van der Waals surface area contributed by atoms with E-state index in [-0.39, 0.29) is 23.1 Å². The Kier molecular flexibility index (Phi) is 7.17. The SMILES string of the molecule is CC1=CC(OCc2ncc(F)cc2F)=C(Cl)C(=O)[N+]1(S)c1cc(-c2cncc(C(C)(C)O)n2)ncc1C. The minimum Gasteiger partial charge on any atom is -0.485 e. The van der Waals surface area contributed by atoms with E-state index in [1.54, 1.807) is 40.0 Å². The molecule has 192 valence electrons. The van der Waals surface area contributed by atoms with Crippen molar-refractivity contribution in [3.05, 3.63) is 88.1 Å². The summed E-state index contributed by atoms with van der Waals surface area (Å²) in [7, 11) is 0. The normalized spacial score (nSPS) is 18.2. The van der Waals surface area contributed by atoms with Crippen LogP contribution in [0, 0.1) is 18.6 Å². The Morgan fingerprint density at radius 1 is 1.11 bits per heavy atom. The molecule has 8 nitrogen and oxygen atoms in total. The number of carbonyl (C=O) groups is 1. The van der Waals surface area contributed by atoms with Gasteiger partial charge in [0.15, 0.2) is 22.3 Å². The smallest absolute Gasteiger partial charge is 0.382 e. The van der Waals surface area contributed by atoms with Crippen LogP contribution in [0.2, 0.25) is 0 Å². The molecular formula is C25H23ClF2N5O3S+. The zero-order chi connectivity index (χ0) is 27.1. The number of quaternary nitrogens is 1. The number of pyridine rings is 2. The summed E-state index contributed by atoms with van der Waals surface area (Å²) in [4.78, 5) is 30.3. The van der Waals surface area contributed by atoms with Gasteiger partial charge in [0.05, 0.1) is 42.8 Å².